The molecule has 0 amide bonds. The number of phenols is 1. The van der Waals surface area contributed by atoms with Crippen LogP contribution < -0.4 is 5.32 Å². The van der Waals surface area contributed by atoms with E-state index in [0.717, 1.165) is 10.0 Å². The lowest BCUT2D eigenvalue weighted by molar-refractivity contribution is 0.469. The molecule has 16 heavy (non-hydrogen) atoms. The van der Waals surface area contributed by atoms with E-state index in [0.29, 0.717) is 17.1 Å². The van der Waals surface area contributed by atoms with Gasteiger partial charge in [-0.2, -0.15) is 0 Å². The van der Waals surface area contributed by atoms with Gasteiger partial charge in [-0.3, -0.25) is 0 Å². The number of rotatable bonds is 3. The average Bonchev–Trinajstić information content (AvgIpc) is 2.63. The Labute approximate surface area is 103 Å². The second kappa shape index (κ2) is 4.72. The number of hydrogen-bond acceptors (Lipinski definition) is 4. The van der Waals surface area contributed by atoms with Gasteiger partial charge >= 0.3 is 0 Å². The third-order valence-electron chi connectivity index (χ3n) is 2.13. The largest absolute Gasteiger partial charge is 0.508 e. The topological polar surface area (TPSA) is 45.2 Å². The molecule has 1 heterocycles. The zero-order valence-corrected chi connectivity index (χ0v) is 10.3. The Morgan fingerprint density at radius 1 is 1.50 bits per heavy atom. The quantitative estimate of drug-likeness (QED) is 0.882. The highest BCUT2D eigenvalue weighted by molar-refractivity contribution is 7.15. The van der Waals surface area contributed by atoms with Gasteiger partial charge in [-0.25, -0.2) is 4.98 Å². The second-order valence-corrected chi connectivity index (χ2v) is 5.01. The average molecular weight is 255 g/mol. The monoisotopic (exact) mass is 254 g/mol. The van der Waals surface area contributed by atoms with E-state index in [9.17, 15) is 5.11 Å². The fourth-order valence-electron chi connectivity index (χ4n) is 1.32. The molecule has 0 aliphatic carbocycles. The van der Waals surface area contributed by atoms with Crippen molar-refractivity contribution in [3.63, 3.8) is 0 Å². The first-order valence-electron chi connectivity index (χ1n) is 4.79. The van der Waals surface area contributed by atoms with Crippen LogP contribution in [0.2, 0.25) is 5.02 Å². The van der Waals surface area contributed by atoms with Crippen molar-refractivity contribution in [3.8, 4) is 5.75 Å². The van der Waals surface area contributed by atoms with Gasteiger partial charge in [0, 0.05) is 28.2 Å². The van der Waals surface area contributed by atoms with Crippen molar-refractivity contribution in [2.45, 2.75) is 13.5 Å². The lowest BCUT2D eigenvalue weighted by Gasteiger charge is -2.07. The highest BCUT2D eigenvalue weighted by Crippen LogP contribution is 2.26. The molecule has 84 valence electrons. The predicted octanol–water partition coefficient (Wildman–Crippen LogP) is 3.42. The minimum absolute atomic E-state index is 0.202. The summed E-state index contributed by atoms with van der Waals surface area (Å²) in [5, 5.41) is 14.1. The maximum atomic E-state index is 9.63. The molecule has 3 nitrogen and oxygen atoms in total. The van der Waals surface area contributed by atoms with E-state index < -0.39 is 0 Å². The van der Waals surface area contributed by atoms with Crippen molar-refractivity contribution in [2.75, 3.05) is 5.32 Å². The van der Waals surface area contributed by atoms with Gasteiger partial charge in [0.15, 0.2) is 5.13 Å². The van der Waals surface area contributed by atoms with Gasteiger partial charge in [-0.05, 0) is 19.1 Å². The fourth-order valence-corrected chi connectivity index (χ4v) is 2.22. The van der Waals surface area contributed by atoms with Crippen LogP contribution in [0.5, 0.6) is 5.75 Å². The van der Waals surface area contributed by atoms with Gasteiger partial charge in [0.2, 0.25) is 0 Å². The van der Waals surface area contributed by atoms with Crippen LogP contribution >= 0.6 is 22.9 Å². The Bertz CT molecular complexity index is 478. The normalized spacial score (nSPS) is 10.4. The smallest absolute Gasteiger partial charge is 0.183 e. The molecular formula is C11H11ClN2OS. The van der Waals surface area contributed by atoms with Gasteiger partial charge in [-0.1, -0.05) is 17.7 Å². The predicted molar refractivity (Wildman–Crippen MR) is 67.3 cm³/mol. The molecule has 0 saturated carbocycles. The number of aryl methyl sites for hydroxylation is 1. The summed E-state index contributed by atoms with van der Waals surface area (Å²) in [7, 11) is 0. The molecule has 0 aliphatic heterocycles. The summed E-state index contributed by atoms with van der Waals surface area (Å²) in [5.74, 6) is 0.202. The van der Waals surface area contributed by atoms with Crippen LogP contribution in [-0.4, -0.2) is 10.1 Å². The van der Waals surface area contributed by atoms with Crippen molar-refractivity contribution >= 4 is 28.1 Å². The van der Waals surface area contributed by atoms with Crippen LogP contribution in [0, 0.1) is 6.92 Å². The number of benzene rings is 1. The van der Waals surface area contributed by atoms with Gasteiger partial charge < -0.3 is 10.4 Å². The lowest BCUT2D eigenvalue weighted by atomic mass is 10.2. The first kappa shape index (κ1) is 11.2. The number of nitrogens with zero attached hydrogens (tertiary/aromatic N) is 1. The minimum Gasteiger partial charge on any atom is -0.508 e. The van der Waals surface area contributed by atoms with Crippen molar-refractivity contribution < 1.29 is 5.11 Å². The molecule has 0 aliphatic rings. The maximum absolute atomic E-state index is 9.63. The summed E-state index contributed by atoms with van der Waals surface area (Å²) in [6, 6.07) is 5.09. The second-order valence-electron chi connectivity index (χ2n) is 3.37. The highest BCUT2D eigenvalue weighted by atomic mass is 35.5. The Morgan fingerprint density at radius 3 is 2.94 bits per heavy atom. The molecule has 2 N–H and O–H groups in total. The molecule has 0 saturated heterocycles. The third kappa shape index (κ3) is 2.46. The summed E-state index contributed by atoms with van der Waals surface area (Å²) in [6.45, 7) is 2.47. The number of hydrogen-bond donors (Lipinski definition) is 2. The number of aromatic nitrogens is 1. The molecule has 0 fully saturated rings. The Morgan fingerprint density at radius 2 is 2.31 bits per heavy atom. The van der Waals surface area contributed by atoms with Crippen molar-refractivity contribution in [1.29, 1.82) is 0 Å². The van der Waals surface area contributed by atoms with Crippen LogP contribution in [0.1, 0.15) is 10.4 Å². The van der Waals surface area contributed by atoms with E-state index in [2.05, 4.69) is 10.3 Å². The molecule has 2 rings (SSSR count). The van der Waals surface area contributed by atoms with E-state index in [1.807, 2.05) is 6.92 Å². The van der Waals surface area contributed by atoms with Gasteiger partial charge in [0.1, 0.15) is 5.75 Å². The summed E-state index contributed by atoms with van der Waals surface area (Å²) >= 11 is 7.56. The maximum Gasteiger partial charge on any atom is 0.183 e. The molecule has 5 heteroatoms. The Kier molecular flexibility index (Phi) is 3.31. The van der Waals surface area contributed by atoms with E-state index in [-0.39, 0.29) is 5.75 Å². The molecule has 0 unspecified atom stereocenters. The van der Waals surface area contributed by atoms with Crippen LogP contribution in [-0.2, 0) is 6.54 Å². The minimum atomic E-state index is 0.202. The van der Waals surface area contributed by atoms with Crippen LogP contribution in [0.15, 0.2) is 24.4 Å². The summed E-state index contributed by atoms with van der Waals surface area (Å²) in [6.07, 6.45) is 1.81. The molecule has 1 aromatic carbocycles. The molecule has 0 bridgehead atoms. The number of halogens is 1. The highest BCUT2D eigenvalue weighted by Gasteiger charge is 2.06. The molecule has 0 atom stereocenters. The van der Waals surface area contributed by atoms with E-state index in [1.165, 1.54) is 0 Å². The number of thiazole rings is 1. The van der Waals surface area contributed by atoms with Crippen LogP contribution in [0.25, 0.3) is 0 Å². The number of anilines is 1. The van der Waals surface area contributed by atoms with Crippen molar-refractivity contribution in [2.24, 2.45) is 0 Å². The lowest BCUT2D eigenvalue weighted by Crippen LogP contribution is -1.99. The Balaban J connectivity index is 2.10. The molecule has 1 aromatic heterocycles. The van der Waals surface area contributed by atoms with E-state index >= 15 is 0 Å². The molecular weight excluding hydrogens is 244 g/mol. The van der Waals surface area contributed by atoms with Crippen molar-refractivity contribution in [3.05, 3.63) is 39.9 Å². The summed E-state index contributed by atoms with van der Waals surface area (Å²) in [4.78, 5) is 5.32. The number of nitrogens with one attached hydrogen (secondary N) is 1. The Hall–Kier alpha value is -1.26. The zero-order valence-electron chi connectivity index (χ0n) is 8.70. The van der Waals surface area contributed by atoms with Crippen molar-refractivity contribution in [1.82, 2.24) is 4.98 Å². The van der Waals surface area contributed by atoms with Gasteiger partial charge in [0.05, 0.1) is 0 Å². The fraction of sp³-hybridized carbons (Fsp3) is 0.182. The van der Waals surface area contributed by atoms with E-state index in [1.54, 1.807) is 35.7 Å². The summed E-state index contributed by atoms with van der Waals surface area (Å²) < 4.78 is 0. The van der Waals surface area contributed by atoms with Gasteiger partial charge in [-0.15, -0.1) is 11.3 Å². The first-order valence-corrected chi connectivity index (χ1v) is 5.99. The first-order chi connectivity index (χ1) is 7.66. The molecule has 0 spiro atoms. The number of phenolic OH excluding ortho intramolecular Hbond substituents is 1. The van der Waals surface area contributed by atoms with Crippen LogP contribution in [0.3, 0.4) is 0 Å². The standard InChI is InChI=1S/C11H11ClN2OS/c1-7-5-13-11(16-7)14-6-8-9(12)3-2-4-10(8)15/h2-5,15H,6H2,1H3,(H,13,14). The third-order valence-corrected chi connectivity index (χ3v) is 3.36. The SMILES string of the molecule is Cc1cnc(NCc2c(O)cccc2Cl)s1. The zero-order chi connectivity index (χ0) is 11.5. The molecule has 2 aromatic rings. The number of aromatic hydroxyl groups is 1. The molecule has 0 radical (unpaired) electrons. The van der Waals surface area contributed by atoms with Gasteiger partial charge in [0.25, 0.3) is 0 Å². The van der Waals surface area contributed by atoms with E-state index in [4.69, 9.17) is 11.6 Å². The summed E-state index contributed by atoms with van der Waals surface area (Å²) in [5.41, 5.74) is 0.692. The van der Waals surface area contributed by atoms with Crippen LogP contribution in [0.4, 0.5) is 5.13 Å².